The zero-order valence-corrected chi connectivity index (χ0v) is 10.7. The van der Waals surface area contributed by atoms with Crippen molar-refractivity contribution in [1.82, 2.24) is 0 Å². The topological polar surface area (TPSA) is 75.6 Å². The minimum Gasteiger partial charge on any atom is -0.481 e. The molecule has 0 fully saturated rings. The molecule has 0 aromatic heterocycles. The van der Waals surface area contributed by atoms with E-state index in [1.807, 2.05) is 0 Å². The summed E-state index contributed by atoms with van der Waals surface area (Å²) in [4.78, 5) is 22.1. The second-order valence-electron chi connectivity index (χ2n) is 4.90. The van der Waals surface area contributed by atoms with Crippen LogP contribution in [0.4, 0.5) is 10.5 Å². The van der Waals surface area contributed by atoms with Gasteiger partial charge in [0.1, 0.15) is 5.60 Å². The molecule has 0 saturated carbocycles. The van der Waals surface area contributed by atoms with Crippen molar-refractivity contribution in [2.24, 2.45) is 0 Å². The molecule has 2 N–H and O–H groups in total. The largest absolute Gasteiger partial charge is 0.481 e. The lowest BCUT2D eigenvalue weighted by Crippen LogP contribution is -2.27. The van der Waals surface area contributed by atoms with Crippen LogP contribution in [0.1, 0.15) is 26.3 Å². The van der Waals surface area contributed by atoms with E-state index in [-0.39, 0.29) is 6.42 Å². The number of hydrogen-bond donors (Lipinski definition) is 2. The number of carboxylic acids is 1. The number of carbonyl (C=O) groups is 2. The molecule has 0 spiro atoms. The van der Waals surface area contributed by atoms with E-state index in [2.05, 4.69) is 5.32 Å². The molecule has 0 unspecified atom stereocenters. The van der Waals surface area contributed by atoms with Gasteiger partial charge < -0.3 is 9.84 Å². The zero-order valence-electron chi connectivity index (χ0n) is 10.7. The predicted molar refractivity (Wildman–Crippen MR) is 67.6 cm³/mol. The summed E-state index contributed by atoms with van der Waals surface area (Å²) in [5.41, 5.74) is 0.571. The maximum atomic E-state index is 11.5. The fourth-order valence-corrected chi connectivity index (χ4v) is 1.36. The number of anilines is 1. The Bertz CT molecular complexity index is 449. The minimum atomic E-state index is -0.913. The third kappa shape index (κ3) is 5.34. The van der Waals surface area contributed by atoms with E-state index in [0.717, 1.165) is 0 Å². The molecule has 0 bridgehead atoms. The molecule has 0 saturated heterocycles. The fraction of sp³-hybridized carbons (Fsp3) is 0.385. The molecule has 5 heteroatoms. The standard InChI is InChI=1S/C13H17NO4/c1-13(2,3)18-12(17)14-10-6-4-5-9(7-10)8-11(15)16/h4-7H,8H2,1-3H3,(H,14,17)(H,15,16). The molecule has 0 atom stereocenters. The van der Waals surface area contributed by atoms with Gasteiger partial charge in [0.25, 0.3) is 0 Å². The molecule has 0 aliphatic carbocycles. The molecular weight excluding hydrogens is 234 g/mol. The number of rotatable bonds is 3. The quantitative estimate of drug-likeness (QED) is 0.866. The first-order valence-electron chi connectivity index (χ1n) is 5.57. The summed E-state index contributed by atoms with van der Waals surface area (Å²) >= 11 is 0. The van der Waals surface area contributed by atoms with Gasteiger partial charge in [0.15, 0.2) is 0 Å². The van der Waals surface area contributed by atoms with Gasteiger partial charge in [-0.2, -0.15) is 0 Å². The molecule has 1 rings (SSSR count). The van der Waals surface area contributed by atoms with Crippen molar-refractivity contribution in [3.8, 4) is 0 Å². The number of carboxylic acid groups (broad SMARTS) is 1. The van der Waals surface area contributed by atoms with Crippen LogP contribution in [0.15, 0.2) is 24.3 Å². The lowest BCUT2D eigenvalue weighted by Gasteiger charge is -2.19. The third-order valence-corrected chi connectivity index (χ3v) is 1.93. The Morgan fingerprint density at radius 3 is 2.56 bits per heavy atom. The lowest BCUT2D eigenvalue weighted by molar-refractivity contribution is -0.136. The Kier molecular flexibility index (Phi) is 4.31. The number of carbonyl (C=O) groups excluding carboxylic acids is 1. The van der Waals surface area contributed by atoms with E-state index in [4.69, 9.17) is 9.84 Å². The van der Waals surface area contributed by atoms with Crippen molar-refractivity contribution < 1.29 is 19.4 Å². The number of hydrogen-bond acceptors (Lipinski definition) is 3. The van der Waals surface area contributed by atoms with Crippen LogP contribution >= 0.6 is 0 Å². The van der Waals surface area contributed by atoms with Crippen molar-refractivity contribution in [1.29, 1.82) is 0 Å². The van der Waals surface area contributed by atoms with Crippen LogP contribution in [0.3, 0.4) is 0 Å². The van der Waals surface area contributed by atoms with Crippen molar-refractivity contribution in [2.75, 3.05) is 5.32 Å². The van der Waals surface area contributed by atoms with Crippen LogP contribution in [-0.2, 0) is 16.0 Å². The summed E-state index contributed by atoms with van der Waals surface area (Å²) in [6, 6.07) is 6.66. The van der Waals surface area contributed by atoms with Gasteiger partial charge in [-0.1, -0.05) is 12.1 Å². The highest BCUT2D eigenvalue weighted by atomic mass is 16.6. The highest BCUT2D eigenvalue weighted by molar-refractivity contribution is 5.85. The van der Waals surface area contributed by atoms with E-state index in [1.165, 1.54) is 0 Å². The Hall–Kier alpha value is -2.04. The Labute approximate surface area is 106 Å². The first-order chi connectivity index (χ1) is 8.26. The zero-order chi connectivity index (χ0) is 13.8. The van der Waals surface area contributed by atoms with E-state index in [0.29, 0.717) is 11.3 Å². The maximum absolute atomic E-state index is 11.5. The van der Waals surface area contributed by atoms with Gasteiger partial charge in [-0.15, -0.1) is 0 Å². The van der Waals surface area contributed by atoms with E-state index in [1.54, 1.807) is 45.0 Å². The smallest absolute Gasteiger partial charge is 0.412 e. The van der Waals surface area contributed by atoms with Crippen LogP contribution in [0.25, 0.3) is 0 Å². The van der Waals surface area contributed by atoms with Crippen LogP contribution in [-0.4, -0.2) is 22.8 Å². The van der Waals surface area contributed by atoms with Crippen LogP contribution in [0, 0.1) is 0 Å². The summed E-state index contributed by atoms with van der Waals surface area (Å²) in [5.74, 6) is -0.913. The van der Waals surface area contributed by atoms with E-state index in [9.17, 15) is 9.59 Å². The van der Waals surface area contributed by atoms with Crippen molar-refractivity contribution >= 4 is 17.7 Å². The minimum absolute atomic E-state index is 0.0795. The first kappa shape index (κ1) is 14.0. The molecule has 5 nitrogen and oxygen atoms in total. The molecular formula is C13H17NO4. The molecule has 1 aromatic rings. The van der Waals surface area contributed by atoms with Gasteiger partial charge in [-0.05, 0) is 38.5 Å². The SMILES string of the molecule is CC(C)(C)OC(=O)Nc1cccc(CC(=O)O)c1. The molecule has 1 aromatic carbocycles. The monoisotopic (exact) mass is 251 g/mol. The molecule has 0 aliphatic rings. The van der Waals surface area contributed by atoms with E-state index >= 15 is 0 Å². The van der Waals surface area contributed by atoms with E-state index < -0.39 is 17.7 Å². The van der Waals surface area contributed by atoms with Crippen molar-refractivity contribution in [2.45, 2.75) is 32.8 Å². The molecule has 1 amide bonds. The highest BCUT2D eigenvalue weighted by Gasteiger charge is 2.16. The summed E-state index contributed by atoms with van der Waals surface area (Å²) < 4.78 is 5.10. The lowest BCUT2D eigenvalue weighted by atomic mass is 10.1. The second kappa shape index (κ2) is 5.53. The van der Waals surface area contributed by atoms with Gasteiger partial charge in [-0.3, -0.25) is 10.1 Å². The summed E-state index contributed by atoms with van der Waals surface area (Å²) in [6.45, 7) is 5.31. The number of amides is 1. The van der Waals surface area contributed by atoms with Gasteiger partial charge >= 0.3 is 12.1 Å². The van der Waals surface area contributed by atoms with Gasteiger partial charge in [-0.25, -0.2) is 4.79 Å². The Balaban J connectivity index is 2.67. The summed E-state index contributed by atoms with van der Waals surface area (Å²) in [7, 11) is 0. The molecule has 98 valence electrons. The highest BCUT2D eigenvalue weighted by Crippen LogP contribution is 2.14. The van der Waals surface area contributed by atoms with Crippen LogP contribution < -0.4 is 5.32 Å². The van der Waals surface area contributed by atoms with Gasteiger partial charge in [0.05, 0.1) is 6.42 Å². The maximum Gasteiger partial charge on any atom is 0.412 e. The predicted octanol–water partition coefficient (Wildman–Crippen LogP) is 2.66. The van der Waals surface area contributed by atoms with Crippen molar-refractivity contribution in [3.05, 3.63) is 29.8 Å². The second-order valence-corrected chi connectivity index (χ2v) is 4.90. The number of ether oxygens (including phenoxy) is 1. The molecule has 0 heterocycles. The van der Waals surface area contributed by atoms with Gasteiger partial charge in [0, 0.05) is 5.69 Å². The number of aliphatic carboxylic acids is 1. The molecule has 18 heavy (non-hydrogen) atoms. The summed E-state index contributed by atoms with van der Waals surface area (Å²) in [6.07, 6.45) is -0.640. The Morgan fingerprint density at radius 2 is 2.00 bits per heavy atom. The first-order valence-corrected chi connectivity index (χ1v) is 5.57. The normalized spacial score (nSPS) is 10.8. The number of benzene rings is 1. The average Bonchev–Trinajstić information content (AvgIpc) is 2.13. The van der Waals surface area contributed by atoms with Crippen LogP contribution in [0.5, 0.6) is 0 Å². The molecule has 0 radical (unpaired) electrons. The average molecular weight is 251 g/mol. The Morgan fingerprint density at radius 1 is 1.33 bits per heavy atom. The fourth-order valence-electron chi connectivity index (χ4n) is 1.36. The third-order valence-electron chi connectivity index (χ3n) is 1.93. The van der Waals surface area contributed by atoms with Crippen molar-refractivity contribution in [3.63, 3.8) is 0 Å². The van der Waals surface area contributed by atoms with Crippen LogP contribution in [0.2, 0.25) is 0 Å². The molecule has 0 aliphatic heterocycles. The van der Waals surface area contributed by atoms with Gasteiger partial charge in [0.2, 0.25) is 0 Å². The number of nitrogens with one attached hydrogen (secondary N) is 1. The summed E-state index contributed by atoms with van der Waals surface area (Å²) in [5, 5.41) is 11.2.